The fraction of sp³-hybridized carbons (Fsp3) is 0.500. The van der Waals surface area contributed by atoms with Gasteiger partial charge in [0.05, 0.1) is 12.5 Å². The zero-order valence-corrected chi connectivity index (χ0v) is 9.42. The second-order valence-corrected chi connectivity index (χ2v) is 3.49. The Bertz CT molecular complexity index is 325. The number of hydrogen-bond donors (Lipinski definition) is 4. The monoisotopic (exact) mass is 244 g/mol. The first kappa shape index (κ1) is 15.1. The molecule has 0 aromatic heterocycles. The van der Waals surface area contributed by atoms with Crippen LogP contribution in [0, 0.1) is 0 Å². The molecule has 0 aliphatic heterocycles. The van der Waals surface area contributed by atoms with E-state index < -0.39 is 29.9 Å². The van der Waals surface area contributed by atoms with Crippen molar-refractivity contribution in [2.24, 2.45) is 5.73 Å². The highest BCUT2D eigenvalue weighted by atomic mass is 16.4. The van der Waals surface area contributed by atoms with E-state index in [0.717, 1.165) is 0 Å². The largest absolute Gasteiger partial charge is 0.481 e. The first-order valence-corrected chi connectivity index (χ1v) is 5.00. The second-order valence-electron chi connectivity index (χ2n) is 3.49. The molecule has 17 heavy (non-hydrogen) atoms. The van der Waals surface area contributed by atoms with Crippen molar-refractivity contribution in [3.05, 3.63) is 12.2 Å². The standard InChI is InChI=1S/C10H16N2O5/c1-6(11)9(15)12-7(10(16)17)4-2-3-5-8(13)14/h2-3,6-7H,4-5,11H2,1H3,(H,12,15)(H,13,14)(H,16,17)/t6-,7?/m0/s1. The molecule has 0 spiro atoms. The van der Waals surface area contributed by atoms with Crippen LogP contribution in [0.2, 0.25) is 0 Å². The number of rotatable bonds is 7. The summed E-state index contributed by atoms with van der Waals surface area (Å²) in [7, 11) is 0. The lowest BCUT2D eigenvalue weighted by Gasteiger charge is -2.14. The lowest BCUT2D eigenvalue weighted by Crippen LogP contribution is -2.47. The Morgan fingerprint density at radius 1 is 1.29 bits per heavy atom. The highest BCUT2D eigenvalue weighted by Gasteiger charge is 2.19. The lowest BCUT2D eigenvalue weighted by molar-refractivity contribution is -0.141. The highest BCUT2D eigenvalue weighted by Crippen LogP contribution is 1.97. The second kappa shape index (κ2) is 7.39. The minimum atomic E-state index is -1.20. The molecule has 1 amide bonds. The van der Waals surface area contributed by atoms with Crippen LogP contribution >= 0.6 is 0 Å². The topological polar surface area (TPSA) is 130 Å². The molecule has 0 bridgehead atoms. The summed E-state index contributed by atoms with van der Waals surface area (Å²) >= 11 is 0. The zero-order chi connectivity index (χ0) is 13.4. The third-order valence-electron chi connectivity index (χ3n) is 1.86. The van der Waals surface area contributed by atoms with Crippen molar-refractivity contribution in [1.82, 2.24) is 5.32 Å². The van der Waals surface area contributed by atoms with Gasteiger partial charge < -0.3 is 21.3 Å². The van der Waals surface area contributed by atoms with E-state index in [-0.39, 0.29) is 12.8 Å². The summed E-state index contributed by atoms with van der Waals surface area (Å²) in [6, 6.07) is -1.89. The molecule has 0 aromatic carbocycles. The average molecular weight is 244 g/mol. The van der Waals surface area contributed by atoms with Gasteiger partial charge in [-0.1, -0.05) is 12.2 Å². The van der Waals surface area contributed by atoms with Crippen LogP contribution in [0.1, 0.15) is 19.8 Å². The van der Waals surface area contributed by atoms with Gasteiger partial charge in [0.15, 0.2) is 0 Å². The molecule has 0 heterocycles. The number of aliphatic carboxylic acids is 2. The Morgan fingerprint density at radius 3 is 2.29 bits per heavy atom. The number of carbonyl (C=O) groups is 3. The molecule has 0 fully saturated rings. The fourth-order valence-corrected chi connectivity index (χ4v) is 0.941. The van der Waals surface area contributed by atoms with Gasteiger partial charge in [-0.05, 0) is 13.3 Å². The molecule has 0 aromatic rings. The minimum absolute atomic E-state index is 0.0150. The quantitative estimate of drug-likeness (QED) is 0.439. The zero-order valence-electron chi connectivity index (χ0n) is 9.42. The Kier molecular flexibility index (Phi) is 6.57. The van der Waals surface area contributed by atoms with Gasteiger partial charge in [0.1, 0.15) is 6.04 Å². The number of nitrogens with two attached hydrogens (primary N) is 1. The molecule has 7 nitrogen and oxygen atoms in total. The Labute approximate surface area is 98.3 Å². The van der Waals surface area contributed by atoms with Crippen LogP contribution in [0.3, 0.4) is 0 Å². The van der Waals surface area contributed by atoms with Crippen LogP contribution in [0.15, 0.2) is 12.2 Å². The highest BCUT2D eigenvalue weighted by molar-refractivity contribution is 5.86. The van der Waals surface area contributed by atoms with Crippen molar-refractivity contribution in [2.75, 3.05) is 0 Å². The fourth-order valence-electron chi connectivity index (χ4n) is 0.941. The van der Waals surface area contributed by atoms with Crippen molar-refractivity contribution in [3.8, 4) is 0 Å². The van der Waals surface area contributed by atoms with Crippen LogP contribution in [0.25, 0.3) is 0 Å². The summed E-state index contributed by atoms with van der Waals surface area (Å²) < 4.78 is 0. The molecule has 96 valence electrons. The maximum Gasteiger partial charge on any atom is 0.326 e. The summed E-state index contributed by atoms with van der Waals surface area (Å²) in [5.74, 6) is -2.77. The van der Waals surface area contributed by atoms with Crippen molar-refractivity contribution in [2.45, 2.75) is 31.8 Å². The number of carboxylic acids is 2. The molecule has 0 aliphatic rings. The maximum absolute atomic E-state index is 11.2. The van der Waals surface area contributed by atoms with Crippen molar-refractivity contribution in [3.63, 3.8) is 0 Å². The van der Waals surface area contributed by atoms with Crippen LogP contribution in [-0.4, -0.2) is 40.1 Å². The first-order chi connectivity index (χ1) is 7.84. The minimum Gasteiger partial charge on any atom is -0.481 e. The Hall–Kier alpha value is -1.89. The van der Waals surface area contributed by atoms with E-state index in [1.165, 1.54) is 19.1 Å². The number of amides is 1. The van der Waals surface area contributed by atoms with Gasteiger partial charge in [-0.2, -0.15) is 0 Å². The van der Waals surface area contributed by atoms with Gasteiger partial charge in [-0.15, -0.1) is 0 Å². The third-order valence-corrected chi connectivity index (χ3v) is 1.86. The molecule has 0 radical (unpaired) electrons. The van der Waals surface area contributed by atoms with Gasteiger partial charge in [0.25, 0.3) is 0 Å². The van der Waals surface area contributed by atoms with Crippen LogP contribution in [-0.2, 0) is 14.4 Å². The maximum atomic E-state index is 11.2. The van der Waals surface area contributed by atoms with Crippen molar-refractivity contribution in [1.29, 1.82) is 0 Å². The van der Waals surface area contributed by atoms with E-state index in [1.807, 2.05) is 0 Å². The van der Waals surface area contributed by atoms with Crippen LogP contribution in [0.4, 0.5) is 0 Å². The molecule has 0 saturated carbocycles. The summed E-state index contributed by atoms with van der Waals surface area (Å²) in [5.41, 5.74) is 5.28. The molecule has 7 heteroatoms. The van der Waals surface area contributed by atoms with Gasteiger partial charge in [-0.3, -0.25) is 9.59 Å². The number of hydrogen-bond acceptors (Lipinski definition) is 4. The summed E-state index contributed by atoms with van der Waals surface area (Å²) in [6.45, 7) is 1.44. The van der Waals surface area contributed by atoms with E-state index >= 15 is 0 Å². The van der Waals surface area contributed by atoms with Gasteiger partial charge >= 0.3 is 11.9 Å². The van der Waals surface area contributed by atoms with E-state index in [9.17, 15) is 14.4 Å². The molecule has 0 rings (SSSR count). The predicted molar refractivity (Wildman–Crippen MR) is 59.2 cm³/mol. The van der Waals surface area contributed by atoms with E-state index in [1.54, 1.807) is 0 Å². The van der Waals surface area contributed by atoms with Crippen molar-refractivity contribution < 1.29 is 24.6 Å². The molecule has 0 saturated heterocycles. The number of carbonyl (C=O) groups excluding carboxylic acids is 1. The van der Waals surface area contributed by atoms with Gasteiger partial charge in [-0.25, -0.2) is 4.79 Å². The third kappa shape index (κ3) is 7.07. The normalized spacial score (nSPS) is 14.2. The van der Waals surface area contributed by atoms with Crippen molar-refractivity contribution >= 4 is 17.8 Å². The lowest BCUT2D eigenvalue weighted by atomic mass is 10.1. The summed E-state index contributed by atoms with van der Waals surface area (Å²) in [4.78, 5) is 32.2. The summed E-state index contributed by atoms with van der Waals surface area (Å²) in [6.07, 6.45) is 2.55. The first-order valence-electron chi connectivity index (χ1n) is 5.00. The van der Waals surface area contributed by atoms with Crippen LogP contribution in [0.5, 0.6) is 0 Å². The van der Waals surface area contributed by atoms with E-state index in [4.69, 9.17) is 15.9 Å². The average Bonchev–Trinajstić information content (AvgIpc) is 2.21. The SMILES string of the molecule is C[C@H](N)C(=O)NC(CC=CCC(=O)O)C(=O)O. The molecule has 0 aliphatic carbocycles. The Balaban J connectivity index is 4.26. The van der Waals surface area contributed by atoms with Crippen LogP contribution < -0.4 is 11.1 Å². The Morgan fingerprint density at radius 2 is 1.88 bits per heavy atom. The predicted octanol–water partition coefficient (Wildman–Crippen LogP) is -0.676. The smallest absolute Gasteiger partial charge is 0.326 e. The molecule has 2 atom stereocenters. The van der Waals surface area contributed by atoms with Gasteiger partial charge in [0, 0.05) is 0 Å². The number of carboxylic acid groups (broad SMARTS) is 2. The molecule has 5 N–H and O–H groups in total. The van der Waals surface area contributed by atoms with E-state index in [0.29, 0.717) is 0 Å². The van der Waals surface area contributed by atoms with Gasteiger partial charge in [0.2, 0.25) is 5.91 Å². The molecular formula is C10H16N2O5. The molecular weight excluding hydrogens is 228 g/mol. The van der Waals surface area contributed by atoms with E-state index in [2.05, 4.69) is 5.32 Å². The number of nitrogens with one attached hydrogen (secondary N) is 1. The molecule has 1 unspecified atom stereocenters. The summed E-state index contributed by atoms with van der Waals surface area (Å²) in [5, 5.41) is 19.4.